The number of hydrogen-bond acceptors (Lipinski definition) is 5. The van der Waals surface area contributed by atoms with Crippen LogP contribution in [-0.4, -0.2) is 54.7 Å². The first-order chi connectivity index (χ1) is 11.3. The summed E-state index contributed by atoms with van der Waals surface area (Å²) in [7, 11) is -3.84. The zero-order chi connectivity index (χ0) is 18.3. The predicted octanol–water partition coefficient (Wildman–Crippen LogP) is 1.98. The molecule has 1 aliphatic heterocycles. The van der Waals surface area contributed by atoms with Crippen molar-refractivity contribution >= 4 is 16.0 Å². The molecule has 1 atom stereocenters. The Balaban J connectivity index is 0.00000139. The van der Waals surface area contributed by atoms with Crippen molar-refractivity contribution in [1.82, 2.24) is 4.31 Å². The smallest absolute Gasteiger partial charge is 0.329 e. The third-order valence-corrected chi connectivity index (χ3v) is 5.76. The first-order valence-electron chi connectivity index (χ1n) is 7.94. The topological polar surface area (TPSA) is 104 Å². The Labute approximate surface area is 142 Å². The second-order valence-electron chi connectivity index (χ2n) is 5.24. The summed E-state index contributed by atoms with van der Waals surface area (Å²) in [6.45, 7) is 5.52. The van der Waals surface area contributed by atoms with Gasteiger partial charge in [0.15, 0.2) is 0 Å². The summed E-state index contributed by atoms with van der Waals surface area (Å²) in [4.78, 5) is 10.4. The molecular formula is C16H25NO6S. The molecular weight excluding hydrogens is 334 g/mol. The maximum absolute atomic E-state index is 12.8. The van der Waals surface area contributed by atoms with Gasteiger partial charge in [-0.1, -0.05) is 26.0 Å². The van der Waals surface area contributed by atoms with Gasteiger partial charge in [0.2, 0.25) is 10.0 Å². The van der Waals surface area contributed by atoms with Gasteiger partial charge in [-0.25, -0.2) is 13.2 Å². The number of phenolic OH excluding ortho intramolecular Hbond substituents is 1. The third-order valence-electron chi connectivity index (χ3n) is 3.62. The Morgan fingerprint density at radius 1 is 1.38 bits per heavy atom. The number of carboxylic acids is 1. The molecule has 24 heavy (non-hydrogen) atoms. The van der Waals surface area contributed by atoms with Crippen molar-refractivity contribution in [2.45, 2.75) is 44.6 Å². The van der Waals surface area contributed by atoms with E-state index in [1.54, 1.807) is 19.1 Å². The van der Waals surface area contributed by atoms with Crippen molar-refractivity contribution < 1.29 is 28.2 Å². The minimum absolute atomic E-state index is 0.0260. The lowest BCUT2D eigenvalue weighted by molar-refractivity contribution is -0.142. The van der Waals surface area contributed by atoms with Crippen molar-refractivity contribution in [3.63, 3.8) is 0 Å². The highest BCUT2D eigenvalue weighted by Gasteiger charge is 2.37. The fraction of sp³-hybridized carbons (Fsp3) is 0.562. The highest BCUT2D eigenvalue weighted by molar-refractivity contribution is 7.89. The van der Waals surface area contributed by atoms with Crippen LogP contribution in [0.5, 0.6) is 5.75 Å². The van der Waals surface area contributed by atoms with E-state index in [4.69, 9.17) is 9.84 Å². The number of phenols is 1. The molecule has 0 aromatic heterocycles. The van der Waals surface area contributed by atoms with Crippen LogP contribution in [0.1, 0.15) is 32.3 Å². The monoisotopic (exact) mass is 359 g/mol. The summed E-state index contributed by atoms with van der Waals surface area (Å²) >= 11 is 0. The fourth-order valence-corrected chi connectivity index (χ4v) is 4.63. The van der Waals surface area contributed by atoms with E-state index in [0.29, 0.717) is 24.9 Å². The largest absolute Gasteiger partial charge is 0.507 e. The van der Waals surface area contributed by atoms with Crippen LogP contribution in [0.15, 0.2) is 23.1 Å². The van der Waals surface area contributed by atoms with E-state index >= 15 is 0 Å². The number of carboxylic acid groups (broad SMARTS) is 1. The average Bonchev–Trinajstić information content (AvgIpc) is 2.98. The predicted molar refractivity (Wildman–Crippen MR) is 89.6 cm³/mol. The normalized spacial score (nSPS) is 18.0. The standard InChI is InChI=1S/C14H19NO6S.C2H6/c1-10-4-2-6-12(16)14(10)22(19,20)15-7-3-5-11(15)8-21-9-13(17)18;1-2/h2,4,6,11,16H,3,5,7-9H2,1H3,(H,17,18);1-2H3. The Morgan fingerprint density at radius 2 is 2.04 bits per heavy atom. The lowest BCUT2D eigenvalue weighted by Gasteiger charge is -2.25. The summed E-state index contributed by atoms with van der Waals surface area (Å²) < 4.78 is 31.9. The van der Waals surface area contributed by atoms with Gasteiger partial charge in [-0.3, -0.25) is 0 Å². The van der Waals surface area contributed by atoms with Crippen molar-refractivity contribution in [3.8, 4) is 5.75 Å². The van der Waals surface area contributed by atoms with Crippen LogP contribution in [0.2, 0.25) is 0 Å². The van der Waals surface area contributed by atoms with E-state index in [9.17, 15) is 18.3 Å². The van der Waals surface area contributed by atoms with Gasteiger partial charge in [0.05, 0.1) is 6.61 Å². The van der Waals surface area contributed by atoms with Crippen LogP contribution in [0.25, 0.3) is 0 Å². The highest BCUT2D eigenvalue weighted by Crippen LogP contribution is 2.33. The van der Waals surface area contributed by atoms with Crippen molar-refractivity contribution in [2.75, 3.05) is 19.8 Å². The second kappa shape index (κ2) is 9.00. The second-order valence-corrected chi connectivity index (χ2v) is 7.07. The maximum Gasteiger partial charge on any atom is 0.329 e. The van der Waals surface area contributed by atoms with E-state index in [1.807, 2.05) is 13.8 Å². The number of ether oxygens (including phenoxy) is 1. The number of sulfonamides is 1. The first-order valence-corrected chi connectivity index (χ1v) is 9.38. The van der Waals surface area contributed by atoms with Crippen LogP contribution >= 0.6 is 0 Å². The van der Waals surface area contributed by atoms with Crippen LogP contribution in [0.4, 0.5) is 0 Å². The minimum Gasteiger partial charge on any atom is -0.507 e. The molecule has 136 valence electrons. The maximum atomic E-state index is 12.8. The van der Waals surface area contributed by atoms with E-state index in [-0.39, 0.29) is 17.3 Å². The summed E-state index contributed by atoms with van der Waals surface area (Å²) in [6.07, 6.45) is 1.28. The molecule has 0 amide bonds. The molecule has 1 aromatic rings. The third kappa shape index (κ3) is 4.68. The number of hydrogen-bond donors (Lipinski definition) is 2. The summed E-state index contributed by atoms with van der Waals surface area (Å²) in [5, 5.41) is 18.5. The molecule has 7 nitrogen and oxygen atoms in total. The fourth-order valence-electron chi connectivity index (χ4n) is 2.66. The van der Waals surface area contributed by atoms with Gasteiger partial charge in [0, 0.05) is 12.6 Å². The lowest BCUT2D eigenvalue weighted by Crippen LogP contribution is -2.38. The molecule has 1 saturated heterocycles. The zero-order valence-corrected chi connectivity index (χ0v) is 15.0. The molecule has 2 rings (SSSR count). The van der Waals surface area contributed by atoms with Gasteiger partial charge in [0.1, 0.15) is 17.3 Å². The Morgan fingerprint density at radius 3 is 2.62 bits per heavy atom. The summed E-state index contributed by atoms with van der Waals surface area (Å²) in [6, 6.07) is 4.13. The van der Waals surface area contributed by atoms with Crippen molar-refractivity contribution in [1.29, 1.82) is 0 Å². The molecule has 8 heteroatoms. The SMILES string of the molecule is CC.Cc1cccc(O)c1S(=O)(=O)N1CCCC1COCC(=O)O. The van der Waals surface area contributed by atoms with Gasteiger partial charge in [0.25, 0.3) is 0 Å². The van der Waals surface area contributed by atoms with Gasteiger partial charge >= 0.3 is 5.97 Å². The number of aliphatic carboxylic acids is 1. The molecule has 0 spiro atoms. The van der Waals surface area contributed by atoms with Crippen LogP contribution in [-0.2, 0) is 19.6 Å². The van der Waals surface area contributed by atoms with Crippen molar-refractivity contribution in [2.24, 2.45) is 0 Å². The van der Waals surface area contributed by atoms with E-state index in [0.717, 1.165) is 0 Å². The van der Waals surface area contributed by atoms with Gasteiger partial charge in [-0.15, -0.1) is 0 Å². The molecule has 1 fully saturated rings. The van der Waals surface area contributed by atoms with Crippen molar-refractivity contribution in [3.05, 3.63) is 23.8 Å². The first kappa shape index (κ1) is 20.4. The number of rotatable bonds is 6. The van der Waals surface area contributed by atoms with Gasteiger partial charge < -0.3 is 14.9 Å². The molecule has 0 saturated carbocycles. The quantitative estimate of drug-likeness (QED) is 0.805. The van der Waals surface area contributed by atoms with Gasteiger partial charge in [-0.05, 0) is 31.4 Å². The Bertz CT molecular complexity index is 638. The van der Waals surface area contributed by atoms with Crippen LogP contribution in [0, 0.1) is 6.92 Å². The molecule has 1 heterocycles. The van der Waals surface area contributed by atoms with E-state index in [2.05, 4.69) is 0 Å². The Kier molecular flexibility index (Phi) is 7.65. The number of aromatic hydroxyl groups is 1. The molecule has 1 aromatic carbocycles. The molecule has 0 radical (unpaired) electrons. The van der Waals surface area contributed by atoms with E-state index < -0.39 is 28.6 Å². The molecule has 2 N–H and O–H groups in total. The van der Waals surface area contributed by atoms with Crippen LogP contribution < -0.4 is 0 Å². The Hall–Kier alpha value is -1.64. The number of aryl methyl sites for hydroxylation is 1. The summed E-state index contributed by atoms with van der Waals surface area (Å²) in [5.41, 5.74) is 0.470. The molecule has 1 unspecified atom stereocenters. The average molecular weight is 359 g/mol. The van der Waals surface area contributed by atoms with Gasteiger partial charge in [-0.2, -0.15) is 4.31 Å². The number of carbonyl (C=O) groups is 1. The zero-order valence-electron chi connectivity index (χ0n) is 14.2. The minimum atomic E-state index is -3.84. The number of benzene rings is 1. The molecule has 0 bridgehead atoms. The summed E-state index contributed by atoms with van der Waals surface area (Å²) in [5.74, 6) is -1.37. The lowest BCUT2D eigenvalue weighted by atomic mass is 10.2. The van der Waals surface area contributed by atoms with E-state index in [1.165, 1.54) is 10.4 Å². The van der Waals surface area contributed by atoms with Crippen LogP contribution in [0.3, 0.4) is 0 Å². The molecule has 1 aliphatic rings. The molecule has 0 aliphatic carbocycles. The highest BCUT2D eigenvalue weighted by atomic mass is 32.2. The number of nitrogens with zero attached hydrogens (tertiary/aromatic N) is 1.